The second kappa shape index (κ2) is 5.68. The van der Waals surface area contributed by atoms with Crippen LogP contribution >= 0.6 is 46.4 Å². The van der Waals surface area contributed by atoms with Crippen LogP contribution in [0.1, 0.15) is 11.1 Å². The minimum Gasteiger partial charge on any atom is -0.399 e. The van der Waals surface area contributed by atoms with Gasteiger partial charge in [0.25, 0.3) is 0 Å². The molecule has 0 spiro atoms. The topological polar surface area (TPSA) is 52.0 Å². The molecule has 0 radical (unpaired) electrons. The monoisotopic (exact) mass is 334 g/mol. The molecule has 100 valence electrons. The summed E-state index contributed by atoms with van der Waals surface area (Å²) in [6.45, 7) is 0. The second-order valence-corrected chi connectivity index (χ2v) is 5.73. The summed E-state index contributed by atoms with van der Waals surface area (Å²) in [5.74, 6) is 0. The molecule has 19 heavy (non-hydrogen) atoms. The Kier molecular flexibility index (Phi) is 4.36. The molecular weight excluding hydrogens is 326 g/mol. The Morgan fingerprint density at radius 2 is 1.32 bits per heavy atom. The molecule has 0 aromatic heterocycles. The molecule has 0 heterocycles. The summed E-state index contributed by atoms with van der Waals surface area (Å²) in [6.07, 6.45) is 0.455. The van der Waals surface area contributed by atoms with Gasteiger partial charge in [-0.3, -0.25) is 0 Å². The van der Waals surface area contributed by atoms with Gasteiger partial charge in [-0.1, -0.05) is 46.4 Å². The molecule has 0 atom stereocenters. The molecule has 0 aliphatic heterocycles. The lowest BCUT2D eigenvalue weighted by atomic mass is 10.0. The number of nitrogen functional groups attached to an aromatic ring is 2. The highest BCUT2D eigenvalue weighted by Gasteiger charge is 2.12. The van der Waals surface area contributed by atoms with Gasteiger partial charge in [-0.2, -0.15) is 0 Å². The van der Waals surface area contributed by atoms with Crippen molar-refractivity contribution < 1.29 is 0 Å². The number of rotatable bonds is 2. The highest BCUT2D eigenvalue weighted by Crippen LogP contribution is 2.34. The van der Waals surface area contributed by atoms with Gasteiger partial charge in [0.15, 0.2) is 0 Å². The standard InChI is InChI=1S/C13H10Cl4N2/c14-9-5-13(19)12(17)2-6(9)1-8-10(15)3-7(18)4-11(8)16/h2-5H,1,18-19H2. The summed E-state index contributed by atoms with van der Waals surface area (Å²) < 4.78 is 0. The lowest BCUT2D eigenvalue weighted by molar-refractivity contribution is 1.19. The Labute approximate surface area is 131 Å². The minimum absolute atomic E-state index is 0.435. The number of benzene rings is 2. The lowest BCUT2D eigenvalue weighted by Gasteiger charge is -2.11. The van der Waals surface area contributed by atoms with Crippen molar-refractivity contribution in [2.45, 2.75) is 6.42 Å². The highest BCUT2D eigenvalue weighted by molar-refractivity contribution is 6.37. The first kappa shape index (κ1) is 14.6. The highest BCUT2D eigenvalue weighted by atomic mass is 35.5. The molecule has 2 aromatic carbocycles. The van der Waals surface area contributed by atoms with E-state index in [0.717, 1.165) is 11.1 Å². The molecule has 2 rings (SSSR count). The van der Waals surface area contributed by atoms with E-state index in [2.05, 4.69) is 0 Å². The van der Waals surface area contributed by atoms with Crippen molar-refractivity contribution in [2.75, 3.05) is 11.5 Å². The van der Waals surface area contributed by atoms with Gasteiger partial charge in [0.05, 0.1) is 10.7 Å². The van der Waals surface area contributed by atoms with E-state index < -0.39 is 0 Å². The Morgan fingerprint density at radius 1 is 0.737 bits per heavy atom. The van der Waals surface area contributed by atoms with Crippen LogP contribution in [0.25, 0.3) is 0 Å². The van der Waals surface area contributed by atoms with Crippen LogP contribution in [0.2, 0.25) is 20.1 Å². The third kappa shape index (κ3) is 3.21. The molecule has 4 N–H and O–H groups in total. The van der Waals surface area contributed by atoms with Crippen LogP contribution in [-0.2, 0) is 6.42 Å². The summed E-state index contributed by atoms with van der Waals surface area (Å²) in [5.41, 5.74) is 13.8. The van der Waals surface area contributed by atoms with Crippen LogP contribution in [0.5, 0.6) is 0 Å². The van der Waals surface area contributed by atoms with E-state index in [1.165, 1.54) is 0 Å². The first-order valence-corrected chi connectivity index (χ1v) is 6.86. The Hall–Kier alpha value is -0.800. The molecular formula is C13H10Cl4N2. The third-order valence-electron chi connectivity index (χ3n) is 2.70. The van der Waals surface area contributed by atoms with Crippen molar-refractivity contribution in [3.05, 3.63) is 55.5 Å². The van der Waals surface area contributed by atoms with Crippen LogP contribution in [0.15, 0.2) is 24.3 Å². The molecule has 0 saturated carbocycles. The van der Waals surface area contributed by atoms with E-state index >= 15 is 0 Å². The van der Waals surface area contributed by atoms with Crippen LogP contribution in [0.4, 0.5) is 11.4 Å². The smallest absolute Gasteiger partial charge is 0.0639 e. The van der Waals surface area contributed by atoms with E-state index in [1.54, 1.807) is 24.3 Å². The van der Waals surface area contributed by atoms with Crippen LogP contribution < -0.4 is 11.5 Å². The van der Waals surface area contributed by atoms with Crippen LogP contribution in [0, 0.1) is 0 Å². The average Bonchev–Trinajstić information content (AvgIpc) is 2.29. The van der Waals surface area contributed by atoms with Crippen LogP contribution in [0.3, 0.4) is 0 Å². The summed E-state index contributed by atoms with van der Waals surface area (Å²) in [6, 6.07) is 6.62. The third-order valence-corrected chi connectivity index (χ3v) is 4.05. The molecule has 0 bridgehead atoms. The van der Waals surface area contributed by atoms with E-state index in [9.17, 15) is 0 Å². The van der Waals surface area contributed by atoms with Crippen LogP contribution in [-0.4, -0.2) is 0 Å². The minimum atomic E-state index is 0.435. The molecule has 0 saturated heterocycles. The number of hydrogen-bond acceptors (Lipinski definition) is 2. The predicted octanol–water partition coefficient (Wildman–Crippen LogP) is 5.06. The first-order valence-electron chi connectivity index (χ1n) is 5.35. The normalized spacial score (nSPS) is 10.7. The maximum absolute atomic E-state index is 6.14. The van der Waals surface area contributed by atoms with Crippen molar-refractivity contribution in [1.29, 1.82) is 0 Å². The summed E-state index contributed by atoms with van der Waals surface area (Å²) in [4.78, 5) is 0. The summed E-state index contributed by atoms with van der Waals surface area (Å²) in [7, 11) is 0. The molecule has 6 heteroatoms. The number of anilines is 2. The van der Waals surface area contributed by atoms with Gasteiger partial charge in [0.2, 0.25) is 0 Å². The maximum atomic E-state index is 6.14. The summed E-state index contributed by atoms with van der Waals surface area (Å²) in [5, 5.41) is 1.95. The predicted molar refractivity (Wildman–Crippen MR) is 84.6 cm³/mol. The fraction of sp³-hybridized carbons (Fsp3) is 0.0769. The van der Waals surface area contributed by atoms with Gasteiger partial charge in [-0.25, -0.2) is 0 Å². The second-order valence-electron chi connectivity index (χ2n) is 4.11. The van der Waals surface area contributed by atoms with Gasteiger partial charge in [0, 0.05) is 27.2 Å². The fourth-order valence-electron chi connectivity index (χ4n) is 1.72. The van der Waals surface area contributed by atoms with Crippen molar-refractivity contribution >= 4 is 57.8 Å². The Morgan fingerprint density at radius 3 is 1.89 bits per heavy atom. The van der Waals surface area contributed by atoms with Crippen molar-refractivity contribution in [3.63, 3.8) is 0 Å². The van der Waals surface area contributed by atoms with Gasteiger partial charge in [0.1, 0.15) is 0 Å². The number of hydrogen-bond donors (Lipinski definition) is 2. The average molecular weight is 336 g/mol. The van der Waals surface area contributed by atoms with Gasteiger partial charge in [-0.15, -0.1) is 0 Å². The zero-order valence-corrected chi connectivity index (χ0v) is 12.7. The zero-order chi connectivity index (χ0) is 14.2. The molecule has 0 aliphatic rings. The Bertz CT molecular complexity index is 618. The Balaban J connectivity index is 2.45. The quantitative estimate of drug-likeness (QED) is 0.754. The largest absolute Gasteiger partial charge is 0.399 e. The maximum Gasteiger partial charge on any atom is 0.0639 e. The van der Waals surface area contributed by atoms with Crippen molar-refractivity contribution in [1.82, 2.24) is 0 Å². The van der Waals surface area contributed by atoms with Crippen molar-refractivity contribution in [2.24, 2.45) is 0 Å². The molecule has 0 amide bonds. The van der Waals surface area contributed by atoms with E-state index in [-0.39, 0.29) is 0 Å². The zero-order valence-electron chi connectivity index (χ0n) is 9.68. The summed E-state index contributed by atoms with van der Waals surface area (Å²) >= 11 is 24.4. The van der Waals surface area contributed by atoms with Gasteiger partial charge >= 0.3 is 0 Å². The van der Waals surface area contributed by atoms with E-state index in [4.69, 9.17) is 57.9 Å². The first-order chi connectivity index (χ1) is 8.88. The van der Waals surface area contributed by atoms with E-state index in [0.29, 0.717) is 37.9 Å². The SMILES string of the molecule is Nc1cc(Cl)c(Cc2cc(Cl)c(N)cc2Cl)c(Cl)c1. The molecule has 0 unspecified atom stereocenters. The van der Waals surface area contributed by atoms with Crippen molar-refractivity contribution in [3.8, 4) is 0 Å². The number of nitrogens with two attached hydrogens (primary N) is 2. The lowest BCUT2D eigenvalue weighted by Crippen LogP contribution is -1.96. The number of halogens is 4. The van der Waals surface area contributed by atoms with Gasteiger partial charge in [-0.05, 0) is 35.4 Å². The molecule has 0 aliphatic carbocycles. The fourth-order valence-corrected chi connectivity index (χ4v) is 2.78. The molecule has 2 aromatic rings. The van der Waals surface area contributed by atoms with E-state index in [1.807, 2.05) is 0 Å². The molecule has 0 fully saturated rings. The van der Waals surface area contributed by atoms with Gasteiger partial charge < -0.3 is 11.5 Å². The molecule has 2 nitrogen and oxygen atoms in total.